The lowest BCUT2D eigenvalue weighted by atomic mass is 10.0. The first kappa shape index (κ1) is 13.7. The zero-order valence-corrected chi connectivity index (χ0v) is 10.3. The number of hydrogen-bond donors (Lipinski definition) is 1. The smallest absolute Gasteiger partial charge is 0.0592 e. The zero-order chi connectivity index (χ0) is 8.72. The summed E-state index contributed by atoms with van der Waals surface area (Å²) in [6.07, 6.45) is 0. The largest absolute Gasteiger partial charge is 0.307 e. The number of hydrogen-bond acceptors (Lipinski definition) is 2. The third-order valence-electron chi connectivity index (χ3n) is 2.80. The summed E-state index contributed by atoms with van der Waals surface area (Å²) in [5, 5.41) is 3.32. The van der Waals surface area contributed by atoms with E-state index in [1.165, 1.54) is 28.1 Å². The average molecular weight is 235 g/mol. The maximum atomic E-state index is 4.55. The van der Waals surface area contributed by atoms with Gasteiger partial charge in [0.25, 0.3) is 0 Å². The van der Waals surface area contributed by atoms with Crippen LogP contribution in [0.15, 0.2) is 0 Å². The summed E-state index contributed by atoms with van der Waals surface area (Å²) in [5.41, 5.74) is 6.60. The van der Waals surface area contributed by atoms with Crippen molar-refractivity contribution in [3.8, 4) is 0 Å². The summed E-state index contributed by atoms with van der Waals surface area (Å²) in [6.45, 7) is 8.36. The van der Waals surface area contributed by atoms with Crippen molar-refractivity contribution >= 4 is 24.8 Å². The topological polar surface area (TPSA) is 24.9 Å². The SMILES string of the molecule is Cc1nc2c(c(C)c1C)CNC2.Cl.Cl. The fourth-order valence-electron chi connectivity index (χ4n) is 1.75. The maximum Gasteiger partial charge on any atom is 0.0592 e. The van der Waals surface area contributed by atoms with Crippen LogP contribution >= 0.6 is 24.8 Å². The van der Waals surface area contributed by atoms with Crippen LogP contribution in [0.2, 0.25) is 0 Å². The van der Waals surface area contributed by atoms with Crippen LogP contribution in [-0.2, 0) is 13.1 Å². The van der Waals surface area contributed by atoms with Crippen molar-refractivity contribution < 1.29 is 0 Å². The van der Waals surface area contributed by atoms with E-state index in [4.69, 9.17) is 0 Å². The van der Waals surface area contributed by atoms with Crippen molar-refractivity contribution in [2.75, 3.05) is 0 Å². The zero-order valence-electron chi connectivity index (χ0n) is 8.68. The van der Waals surface area contributed by atoms with Gasteiger partial charge in [-0.2, -0.15) is 0 Å². The van der Waals surface area contributed by atoms with E-state index >= 15 is 0 Å². The molecular weight excluding hydrogens is 219 g/mol. The van der Waals surface area contributed by atoms with E-state index < -0.39 is 0 Å². The van der Waals surface area contributed by atoms with Crippen LogP contribution < -0.4 is 5.32 Å². The number of rotatable bonds is 0. The Kier molecular flexibility index (Phi) is 4.85. The van der Waals surface area contributed by atoms with Crippen molar-refractivity contribution in [3.05, 3.63) is 28.1 Å². The fraction of sp³-hybridized carbons (Fsp3) is 0.500. The molecule has 0 unspecified atom stereocenters. The summed E-state index contributed by atoms with van der Waals surface area (Å²) in [6, 6.07) is 0. The van der Waals surface area contributed by atoms with E-state index in [2.05, 4.69) is 31.1 Å². The van der Waals surface area contributed by atoms with Gasteiger partial charge in [0.15, 0.2) is 0 Å². The molecule has 14 heavy (non-hydrogen) atoms. The molecule has 2 nitrogen and oxygen atoms in total. The lowest BCUT2D eigenvalue weighted by Crippen LogP contribution is -2.00. The molecule has 1 aliphatic heterocycles. The number of halogens is 2. The number of fused-ring (bicyclic) bond motifs is 1. The average Bonchev–Trinajstić information content (AvgIpc) is 2.48. The number of aromatic nitrogens is 1. The Morgan fingerprint density at radius 3 is 2.29 bits per heavy atom. The third-order valence-corrected chi connectivity index (χ3v) is 2.80. The summed E-state index contributed by atoms with van der Waals surface area (Å²) >= 11 is 0. The molecule has 1 aromatic heterocycles. The van der Waals surface area contributed by atoms with Crippen molar-refractivity contribution in [1.82, 2.24) is 10.3 Å². The number of nitrogens with zero attached hydrogens (tertiary/aromatic N) is 1. The lowest BCUT2D eigenvalue weighted by Gasteiger charge is -2.08. The van der Waals surface area contributed by atoms with Crippen LogP contribution in [0.25, 0.3) is 0 Å². The normalized spacial score (nSPS) is 12.8. The quantitative estimate of drug-likeness (QED) is 0.747. The van der Waals surface area contributed by atoms with E-state index in [1.807, 2.05) is 0 Å². The minimum atomic E-state index is 0. The molecule has 0 radical (unpaired) electrons. The Hall–Kier alpha value is -0.310. The molecule has 1 aromatic rings. The van der Waals surface area contributed by atoms with Crippen LogP contribution in [0.4, 0.5) is 0 Å². The molecule has 1 N–H and O–H groups in total. The second kappa shape index (κ2) is 4.96. The van der Waals surface area contributed by atoms with Crippen molar-refractivity contribution in [2.45, 2.75) is 33.9 Å². The first-order chi connectivity index (χ1) is 5.70. The fourth-order valence-corrected chi connectivity index (χ4v) is 1.75. The van der Waals surface area contributed by atoms with E-state index in [1.54, 1.807) is 0 Å². The molecule has 0 atom stereocenters. The van der Waals surface area contributed by atoms with E-state index in [9.17, 15) is 0 Å². The molecule has 4 heteroatoms. The summed E-state index contributed by atoms with van der Waals surface area (Å²) in [5.74, 6) is 0. The molecule has 0 aromatic carbocycles. The molecule has 0 bridgehead atoms. The minimum absolute atomic E-state index is 0. The van der Waals surface area contributed by atoms with Crippen molar-refractivity contribution in [2.24, 2.45) is 0 Å². The molecule has 1 aliphatic rings. The van der Waals surface area contributed by atoms with Crippen LogP contribution in [0.3, 0.4) is 0 Å². The van der Waals surface area contributed by atoms with E-state index in [0.717, 1.165) is 13.1 Å². The van der Waals surface area contributed by atoms with Gasteiger partial charge in [-0.3, -0.25) is 4.98 Å². The molecule has 80 valence electrons. The number of pyridine rings is 1. The Bertz CT molecular complexity index is 337. The van der Waals surface area contributed by atoms with Gasteiger partial charge in [0, 0.05) is 18.8 Å². The third kappa shape index (κ3) is 2.02. The molecule has 0 saturated carbocycles. The van der Waals surface area contributed by atoms with Gasteiger partial charge in [0.2, 0.25) is 0 Å². The predicted octanol–water partition coefficient (Wildman–Crippen LogP) is 2.45. The standard InChI is InChI=1S/C10H14N2.2ClH/c1-6-7(2)9-4-11-5-10(9)12-8(6)3;;/h11H,4-5H2,1-3H3;2*1H. The summed E-state index contributed by atoms with van der Waals surface area (Å²) < 4.78 is 0. The highest BCUT2D eigenvalue weighted by Gasteiger charge is 2.16. The first-order valence-corrected chi connectivity index (χ1v) is 4.36. The highest BCUT2D eigenvalue weighted by atomic mass is 35.5. The highest BCUT2D eigenvalue weighted by Crippen LogP contribution is 2.22. The highest BCUT2D eigenvalue weighted by molar-refractivity contribution is 5.85. The van der Waals surface area contributed by atoms with Gasteiger partial charge in [-0.05, 0) is 37.5 Å². The van der Waals surface area contributed by atoms with Gasteiger partial charge in [0.1, 0.15) is 0 Å². The summed E-state index contributed by atoms with van der Waals surface area (Å²) in [4.78, 5) is 4.55. The lowest BCUT2D eigenvalue weighted by molar-refractivity contribution is 0.756. The van der Waals surface area contributed by atoms with E-state index in [-0.39, 0.29) is 24.8 Å². The second-order valence-electron chi connectivity index (χ2n) is 3.48. The van der Waals surface area contributed by atoms with Crippen molar-refractivity contribution in [1.29, 1.82) is 0 Å². The molecular formula is C10H16Cl2N2. The van der Waals surface area contributed by atoms with Gasteiger partial charge in [-0.25, -0.2) is 0 Å². The molecule has 0 amide bonds. The van der Waals surface area contributed by atoms with Crippen molar-refractivity contribution in [3.63, 3.8) is 0 Å². The Labute approximate surface area is 97.3 Å². The van der Waals surface area contributed by atoms with Gasteiger partial charge in [-0.1, -0.05) is 0 Å². The van der Waals surface area contributed by atoms with Crippen LogP contribution in [0.5, 0.6) is 0 Å². The van der Waals surface area contributed by atoms with E-state index in [0.29, 0.717) is 0 Å². The van der Waals surface area contributed by atoms with Gasteiger partial charge >= 0.3 is 0 Å². The van der Waals surface area contributed by atoms with Crippen LogP contribution in [-0.4, -0.2) is 4.98 Å². The molecule has 2 rings (SSSR count). The minimum Gasteiger partial charge on any atom is -0.307 e. The predicted molar refractivity (Wildman–Crippen MR) is 63.5 cm³/mol. The number of nitrogens with one attached hydrogen (secondary N) is 1. The summed E-state index contributed by atoms with van der Waals surface area (Å²) in [7, 11) is 0. The maximum absolute atomic E-state index is 4.55. The Morgan fingerprint density at radius 2 is 1.64 bits per heavy atom. The van der Waals surface area contributed by atoms with Gasteiger partial charge in [0.05, 0.1) is 5.69 Å². The monoisotopic (exact) mass is 234 g/mol. The van der Waals surface area contributed by atoms with Gasteiger partial charge < -0.3 is 5.32 Å². The molecule has 0 saturated heterocycles. The van der Waals surface area contributed by atoms with Crippen LogP contribution in [0.1, 0.15) is 28.1 Å². The number of aryl methyl sites for hydroxylation is 1. The molecule has 2 heterocycles. The Balaban J connectivity index is 0.000000845. The Morgan fingerprint density at radius 1 is 1.00 bits per heavy atom. The molecule has 0 fully saturated rings. The van der Waals surface area contributed by atoms with Gasteiger partial charge in [-0.15, -0.1) is 24.8 Å². The first-order valence-electron chi connectivity index (χ1n) is 4.36. The molecule has 0 spiro atoms. The van der Waals surface area contributed by atoms with Crippen LogP contribution in [0, 0.1) is 20.8 Å². The second-order valence-corrected chi connectivity index (χ2v) is 3.48. The molecule has 0 aliphatic carbocycles.